The van der Waals surface area contributed by atoms with E-state index >= 15 is 0 Å². The van der Waals surface area contributed by atoms with Gasteiger partial charge < -0.3 is 4.52 Å². The van der Waals surface area contributed by atoms with Crippen LogP contribution in [0, 0.1) is 0 Å². The maximum atomic E-state index is 12.6. The second-order valence-corrected chi connectivity index (χ2v) is 3.25. The van der Waals surface area contributed by atoms with Gasteiger partial charge in [-0.3, -0.25) is 0 Å². The molecule has 0 amide bonds. The van der Waals surface area contributed by atoms with Crippen molar-refractivity contribution in [2.45, 2.75) is 6.18 Å². The van der Waals surface area contributed by atoms with Crippen LogP contribution in [0.3, 0.4) is 0 Å². The van der Waals surface area contributed by atoms with Gasteiger partial charge in [-0.25, -0.2) is 0 Å². The summed E-state index contributed by atoms with van der Waals surface area (Å²) in [6.45, 7) is 0. The maximum absolute atomic E-state index is 12.6. The molecule has 0 N–H and O–H groups in total. The van der Waals surface area contributed by atoms with Gasteiger partial charge in [-0.2, -0.15) is 18.2 Å². The molecule has 0 saturated carbocycles. The Hall–Kier alpha value is -1.56. The Morgan fingerprint density at radius 1 is 1.19 bits per heavy atom. The first-order chi connectivity index (χ1) is 7.48. The van der Waals surface area contributed by atoms with Gasteiger partial charge in [0.25, 0.3) is 11.2 Å². The van der Waals surface area contributed by atoms with Crippen LogP contribution in [0.4, 0.5) is 13.2 Å². The highest BCUT2D eigenvalue weighted by molar-refractivity contribution is 6.28. The predicted octanol–water partition coefficient (Wildman–Crippen LogP) is 3.41. The minimum atomic E-state index is -4.47. The van der Waals surface area contributed by atoms with Crippen molar-refractivity contribution in [2.75, 3.05) is 0 Å². The molecular formula is C9H4ClF3N2O. The molecule has 3 nitrogen and oxygen atoms in total. The smallest absolute Gasteiger partial charge is 0.333 e. The number of hydrogen-bond donors (Lipinski definition) is 0. The Labute approximate surface area is 92.8 Å². The van der Waals surface area contributed by atoms with Gasteiger partial charge in [-0.1, -0.05) is 12.1 Å². The van der Waals surface area contributed by atoms with Crippen molar-refractivity contribution in [1.82, 2.24) is 10.1 Å². The molecule has 0 bridgehead atoms. The highest BCUT2D eigenvalue weighted by Gasteiger charge is 2.34. The zero-order chi connectivity index (χ0) is 11.8. The van der Waals surface area contributed by atoms with Crippen LogP contribution in [-0.4, -0.2) is 10.1 Å². The van der Waals surface area contributed by atoms with Gasteiger partial charge in [0, 0.05) is 0 Å². The van der Waals surface area contributed by atoms with Gasteiger partial charge in [0.15, 0.2) is 0 Å². The quantitative estimate of drug-likeness (QED) is 0.776. The molecule has 7 heteroatoms. The molecule has 0 aliphatic rings. The van der Waals surface area contributed by atoms with Crippen molar-refractivity contribution in [3.63, 3.8) is 0 Å². The molecule has 84 valence electrons. The SMILES string of the molecule is FC(F)(F)c1ccccc1-c1nc(Cl)no1. The Bertz CT molecular complexity index is 509. The average Bonchev–Trinajstić information content (AvgIpc) is 2.64. The number of rotatable bonds is 1. The first-order valence-electron chi connectivity index (χ1n) is 4.14. The Balaban J connectivity index is 2.57. The van der Waals surface area contributed by atoms with E-state index in [9.17, 15) is 13.2 Å². The first-order valence-corrected chi connectivity index (χ1v) is 4.52. The van der Waals surface area contributed by atoms with E-state index in [1.54, 1.807) is 0 Å². The number of alkyl halides is 3. The second-order valence-electron chi connectivity index (χ2n) is 2.91. The number of aromatic nitrogens is 2. The van der Waals surface area contributed by atoms with Crippen molar-refractivity contribution in [3.8, 4) is 11.5 Å². The van der Waals surface area contributed by atoms with E-state index < -0.39 is 11.7 Å². The van der Waals surface area contributed by atoms with Gasteiger partial charge in [-0.15, -0.1) is 0 Å². The molecule has 0 radical (unpaired) electrons. The summed E-state index contributed by atoms with van der Waals surface area (Å²) in [5.74, 6) is -0.252. The van der Waals surface area contributed by atoms with Crippen molar-refractivity contribution in [3.05, 3.63) is 35.1 Å². The maximum Gasteiger partial charge on any atom is 0.417 e. The fourth-order valence-corrected chi connectivity index (χ4v) is 1.34. The van der Waals surface area contributed by atoms with Crippen LogP contribution in [0.2, 0.25) is 5.28 Å². The zero-order valence-corrected chi connectivity index (χ0v) is 8.38. The summed E-state index contributed by atoms with van der Waals surface area (Å²) < 4.78 is 42.4. The lowest BCUT2D eigenvalue weighted by Gasteiger charge is -2.09. The van der Waals surface area contributed by atoms with Gasteiger partial charge >= 0.3 is 6.18 Å². The summed E-state index contributed by atoms with van der Waals surface area (Å²) in [7, 11) is 0. The third-order valence-corrected chi connectivity index (χ3v) is 2.02. The van der Waals surface area contributed by atoms with E-state index in [2.05, 4.69) is 14.7 Å². The number of nitrogens with zero attached hydrogens (tertiary/aromatic N) is 2. The summed E-state index contributed by atoms with van der Waals surface area (Å²) in [5.41, 5.74) is -1.02. The Morgan fingerprint density at radius 2 is 1.88 bits per heavy atom. The lowest BCUT2D eigenvalue weighted by Crippen LogP contribution is -2.06. The highest BCUT2D eigenvalue weighted by Crippen LogP contribution is 2.36. The monoisotopic (exact) mass is 248 g/mol. The van der Waals surface area contributed by atoms with Gasteiger partial charge in [-0.05, 0) is 28.9 Å². The van der Waals surface area contributed by atoms with Crippen LogP contribution in [0.25, 0.3) is 11.5 Å². The lowest BCUT2D eigenvalue weighted by molar-refractivity contribution is -0.137. The molecule has 0 fully saturated rings. The minimum absolute atomic E-state index is 0.186. The summed E-state index contributed by atoms with van der Waals surface area (Å²) >= 11 is 5.38. The van der Waals surface area contributed by atoms with Gasteiger partial charge in [0.2, 0.25) is 0 Å². The number of hydrogen-bond acceptors (Lipinski definition) is 3. The molecule has 0 saturated heterocycles. The number of halogens is 4. The second kappa shape index (κ2) is 3.79. The molecule has 0 spiro atoms. The summed E-state index contributed by atoms with van der Waals surface area (Å²) in [6, 6.07) is 4.91. The van der Waals surface area contributed by atoms with E-state index in [-0.39, 0.29) is 16.7 Å². The van der Waals surface area contributed by atoms with Crippen LogP contribution >= 0.6 is 11.6 Å². The van der Waals surface area contributed by atoms with E-state index in [0.717, 1.165) is 6.07 Å². The van der Waals surface area contributed by atoms with E-state index in [1.807, 2.05) is 0 Å². The minimum Gasteiger partial charge on any atom is -0.333 e. The van der Waals surface area contributed by atoms with Crippen molar-refractivity contribution >= 4 is 11.6 Å². The first kappa shape index (κ1) is 10.9. The molecule has 2 rings (SSSR count). The van der Waals surface area contributed by atoms with Crippen molar-refractivity contribution in [1.29, 1.82) is 0 Å². The summed E-state index contributed by atoms with van der Waals surface area (Å²) in [6.07, 6.45) is -4.47. The fraction of sp³-hybridized carbons (Fsp3) is 0.111. The predicted molar refractivity (Wildman–Crippen MR) is 49.7 cm³/mol. The van der Waals surface area contributed by atoms with Crippen LogP contribution in [0.5, 0.6) is 0 Å². The molecule has 0 atom stereocenters. The Kier molecular flexibility index (Phi) is 2.59. The van der Waals surface area contributed by atoms with Crippen LogP contribution < -0.4 is 0 Å². The molecule has 0 unspecified atom stereocenters. The zero-order valence-electron chi connectivity index (χ0n) is 7.62. The van der Waals surface area contributed by atoms with E-state index in [4.69, 9.17) is 11.6 Å². The largest absolute Gasteiger partial charge is 0.417 e. The third kappa shape index (κ3) is 2.01. The van der Waals surface area contributed by atoms with Gasteiger partial charge in [0.1, 0.15) is 0 Å². The standard InChI is InChI=1S/C9H4ClF3N2O/c10-8-14-7(16-15-8)5-3-1-2-4-6(5)9(11,12)13/h1-4H. The molecule has 1 heterocycles. The molecule has 0 aliphatic heterocycles. The average molecular weight is 249 g/mol. The Morgan fingerprint density at radius 3 is 2.44 bits per heavy atom. The van der Waals surface area contributed by atoms with Crippen molar-refractivity contribution < 1.29 is 17.7 Å². The highest BCUT2D eigenvalue weighted by atomic mass is 35.5. The normalized spacial score (nSPS) is 11.8. The fourth-order valence-electron chi connectivity index (χ4n) is 1.23. The molecular weight excluding hydrogens is 245 g/mol. The van der Waals surface area contributed by atoms with Gasteiger partial charge in [0.05, 0.1) is 11.1 Å². The lowest BCUT2D eigenvalue weighted by atomic mass is 10.1. The molecule has 1 aromatic heterocycles. The summed E-state index contributed by atoms with van der Waals surface area (Å²) in [4.78, 5) is 3.54. The topological polar surface area (TPSA) is 38.9 Å². The van der Waals surface area contributed by atoms with Crippen LogP contribution in [-0.2, 0) is 6.18 Å². The molecule has 0 aliphatic carbocycles. The number of benzene rings is 1. The van der Waals surface area contributed by atoms with E-state index in [1.165, 1.54) is 18.2 Å². The third-order valence-electron chi connectivity index (χ3n) is 1.86. The van der Waals surface area contributed by atoms with Crippen molar-refractivity contribution in [2.24, 2.45) is 0 Å². The van der Waals surface area contributed by atoms with E-state index in [0.29, 0.717) is 0 Å². The summed E-state index contributed by atoms with van der Waals surface area (Å²) in [5, 5.41) is 3.00. The van der Waals surface area contributed by atoms with Crippen LogP contribution in [0.1, 0.15) is 5.56 Å². The molecule has 2 aromatic rings. The van der Waals surface area contributed by atoms with Crippen LogP contribution in [0.15, 0.2) is 28.8 Å². The molecule has 16 heavy (non-hydrogen) atoms. The molecule has 1 aromatic carbocycles.